The standard InChI is InChI=1S/C14H16FN/c1-16(2)9-8-11-4-3-5-12-10-13(15)6-7-14(11)12/h3-7,10H,8-9H2,1-2H3. The van der Waals surface area contributed by atoms with Gasteiger partial charge < -0.3 is 4.90 Å². The zero-order chi connectivity index (χ0) is 11.5. The van der Waals surface area contributed by atoms with E-state index in [-0.39, 0.29) is 5.82 Å². The fourth-order valence-corrected chi connectivity index (χ4v) is 1.88. The first-order chi connectivity index (χ1) is 7.66. The second kappa shape index (κ2) is 4.62. The minimum atomic E-state index is -0.169. The highest BCUT2D eigenvalue weighted by molar-refractivity contribution is 5.85. The molecule has 0 N–H and O–H groups in total. The van der Waals surface area contributed by atoms with Crippen LogP contribution in [0.2, 0.25) is 0 Å². The second-order valence-corrected chi connectivity index (χ2v) is 4.34. The normalized spacial score (nSPS) is 11.2. The Labute approximate surface area is 95.5 Å². The van der Waals surface area contributed by atoms with Crippen molar-refractivity contribution >= 4 is 10.8 Å². The average molecular weight is 217 g/mol. The van der Waals surface area contributed by atoms with E-state index in [2.05, 4.69) is 25.1 Å². The van der Waals surface area contributed by atoms with Crippen molar-refractivity contribution in [1.29, 1.82) is 0 Å². The molecule has 0 bridgehead atoms. The molecule has 0 fully saturated rings. The topological polar surface area (TPSA) is 3.24 Å². The molecule has 0 aromatic heterocycles. The molecule has 0 saturated carbocycles. The van der Waals surface area contributed by atoms with Crippen molar-refractivity contribution in [2.45, 2.75) is 6.42 Å². The lowest BCUT2D eigenvalue weighted by Crippen LogP contribution is -2.15. The summed E-state index contributed by atoms with van der Waals surface area (Å²) < 4.78 is 13.1. The molecule has 0 unspecified atom stereocenters. The van der Waals surface area contributed by atoms with Gasteiger partial charge in [-0.2, -0.15) is 0 Å². The van der Waals surface area contributed by atoms with Crippen molar-refractivity contribution in [3.8, 4) is 0 Å². The van der Waals surface area contributed by atoms with Gasteiger partial charge in [0.15, 0.2) is 0 Å². The second-order valence-electron chi connectivity index (χ2n) is 4.34. The number of hydrogen-bond donors (Lipinski definition) is 0. The third-order valence-corrected chi connectivity index (χ3v) is 2.76. The lowest BCUT2D eigenvalue weighted by molar-refractivity contribution is 0.414. The molecule has 0 heterocycles. The molecule has 0 radical (unpaired) electrons. The molecule has 2 heteroatoms. The molecule has 16 heavy (non-hydrogen) atoms. The van der Waals surface area contributed by atoms with Gasteiger partial charge in [-0.05, 0) is 49.0 Å². The Morgan fingerprint density at radius 2 is 1.94 bits per heavy atom. The van der Waals surface area contributed by atoms with Gasteiger partial charge in [0.05, 0.1) is 0 Å². The molecule has 2 aromatic rings. The van der Waals surface area contributed by atoms with Gasteiger partial charge in [0.25, 0.3) is 0 Å². The summed E-state index contributed by atoms with van der Waals surface area (Å²) in [5, 5.41) is 2.14. The van der Waals surface area contributed by atoms with Crippen molar-refractivity contribution in [2.24, 2.45) is 0 Å². The first kappa shape index (κ1) is 11.1. The summed E-state index contributed by atoms with van der Waals surface area (Å²) in [5.41, 5.74) is 1.28. The molecule has 0 amide bonds. The molecule has 0 saturated heterocycles. The molecule has 0 aliphatic heterocycles. The zero-order valence-corrected chi connectivity index (χ0v) is 9.70. The van der Waals surface area contributed by atoms with Crippen LogP contribution in [0.5, 0.6) is 0 Å². The number of halogens is 1. The van der Waals surface area contributed by atoms with Crippen LogP contribution in [0.15, 0.2) is 36.4 Å². The smallest absolute Gasteiger partial charge is 0.123 e. The van der Waals surface area contributed by atoms with Crippen LogP contribution in [0.4, 0.5) is 4.39 Å². The van der Waals surface area contributed by atoms with Crippen LogP contribution in [0, 0.1) is 5.82 Å². The Hall–Kier alpha value is -1.41. The highest BCUT2D eigenvalue weighted by Gasteiger charge is 2.02. The first-order valence-electron chi connectivity index (χ1n) is 5.49. The van der Waals surface area contributed by atoms with Crippen LogP contribution in [0.1, 0.15) is 5.56 Å². The number of hydrogen-bond acceptors (Lipinski definition) is 1. The van der Waals surface area contributed by atoms with Crippen LogP contribution in [-0.4, -0.2) is 25.5 Å². The van der Waals surface area contributed by atoms with Gasteiger partial charge in [-0.1, -0.05) is 24.3 Å². The number of nitrogens with zero attached hydrogens (tertiary/aromatic N) is 1. The largest absolute Gasteiger partial charge is 0.309 e. The van der Waals surface area contributed by atoms with E-state index >= 15 is 0 Å². The van der Waals surface area contributed by atoms with Crippen LogP contribution in [0.3, 0.4) is 0 Å². The third-order valence-electron chi connectivity index (χ3n) is 2.76. The molecule has 2 aromatic carbocycles. The predicted octanol–water partition coefficient (Wildman–Crippen LogP) is 3.08. The summed E-state index contributed by atoms with van der Waals surface area (Å²) in [5.74, 6) is -0.169. The van der Waals surface area contributed by atoms with E-state index in [4.69, 9.17) is 0 Å². The fraction of sp³-hybridized carbons (Fsp3) is 0.286. The van der Waals surface area contributed by atoms with E-state index in [9.17, 15) is 4.39 Å². The zero-order valence-electron chi connectivity index (χ0n) is 9.70. The van der Waals surface area contributed by atoms with Crippen molar-refractivity contribution in [3.05, 3.63) is 47.8 Å². The molecule has 0 spiro atoms. The molecule has 0 atom stereocenters. The third kappa shape index (κ3) is 2.39. The summed E-state index contributed by atoms with van der Waals surface area (Å²) >= 11 is 0. The van der Waals surface area contributed by atoms with Crippen molar-refractivity contribution in [2.75, 3.05) is 20.6 Å². The maximum Gasteiger partial charge on any atom is 0.123 e. The Morgan fingerprint density at radius 1 is 1.12 bits per heavy atom. The molecule has 0 aliphatic carbocycles. The minimum absolute atomic E-state index is 0.169. The molecular formula is C14H16FN. The lowest BCUT2D eigenvalue weighted by atomic mass is 10.0. The monoisotopic (exact) mass is 217 g/mol. The molecule has 0 aliphatic rings. The van der Waals surface area contributed by atoms with Gasteiger partial charge in [0, 0.05) is 6.54 Å². The number of rotatable bonds is 3. The Balaban J connectivity index is 2.38. The summed E-state index contributed by atoms with van der Waals surface area (Å²) in [7, 11) is 4.12. The lowest BCUT2D eigenvalue weighted by Gasteiger charge is -2.11. The van der Waals surface area contributed by atoms with E-state index in [1.807, 2.05) is 18.2 Å². The molecule has 84 valence electrons. The van der Waals surface area contributed by atoms with Crippen molar-refractivity contribution < 1.29 is 4.39 Å². The van der Waals surface area contributed by atoms with E-state index in [0.717, 1.165) is 23.7 Å². The van der Waals surface area contributed by atoms with E-state index in [1.54, 1.807) is 6.07 Å². The van der Waals surface area contributed by atoms with Crippen LogP contribution in [-0.2, 0) is 6.42 Å². The van der Waals surface area contributed by atoms with Crippen molar-refractivity contribution in [3.63, 3.8) is 0 Å². The fourth-order valence-electron chi connectivity index (χ4n) is 1.88. The summed E-state index contributed by atoms with van der Waals surface area (Å²) in [4.78, 5) is 2.16. The first-order valence-corrected chi connectivity index (χ1v) is 5.49. The number of benzene rings is 2. The van der Waals surface area contributed by atoms with E-state index in [0.29, 0.717) is 0 Å². The molecular weight excluding hydrogens is 201 g/mol. The maximum atomic E-state index is 13.1. The molecule has 2 rings (SSSR count). The molecule has 1 nitrogen and oxygen atoms in total. The number of fused-ring (bicyclic) bond motifs is 1. The summed E-state index contributed by atoms with van der Waals surface area (Å²) in [6, 6.07) is 11.1. The van der Waals surface area contributed by atoms with E-state index in [1.165, 1.54) is 11.6 Å². The van der Waals surface area contributed by atoms with E-state index < -0.39 is 0 Å². The van der Waals surface area contributed by atoms with Gasteiger partial charge in [-0.3, -0.25) is 0 Å². The highest BCUT2D eigenvalue weighted by atomic mass is 19.1. The summed E-state index contributed by atoms with van der Waals surface area (Å²) in [6.07, 6.45) is 0.996. The SMILES string of the molecule is CN(C)CCc1cccc2cc(F)ccc12. The van der Waals surface area contributed by atoms with Gasteiger partial charge in [0.1, 0.15) is 5.82 Å². The Bertz CT molecular complexity index is 491. The average Bonchev–Trinajstić information content (AvgIpc) is 2.25. The number of likely N-dealkylation sites (N-methyl/N-ethyl adjacent to an activating group) is 1. The Morgan fingerprint density at radius 3 is 2.69 bits per heavy atom. The predicted molar refractivity (Wildman–Crippen MR) is 66.2 cm³/mol. The summed E-state index contributed by atoms with van der Waals surface area (Å²) in [6.45, 7) is 1.01. The van der Waals surface area contributed by atoms with Crippen molar-refractivity contribution in [1.82, 2.24) is 4.90 Å². The minimum Gasteiger partial charge on any atom is -0.309 e. The Kier molecular flexibility index (Phi) is 3.20. The maximum absolute atomic E-state index is 13.1. The van der Waals surface area contributed by atoms with Gasteiger partial charge in [0.2, 0.25) is 0 Å². The highest BCUT2D eigenvalue weighted by Crippen LogP contribution is 2.20. The van der Waals surface area contributed by atoms with Crippen LogP contribution < -0.4 is 0 Å². The van der Waals surface area contributed by atoms with Crippen LogP contribution in [0.25, 0.3) is 10.8 Å². The quantitative estimate of drug-likeness (QED) is 0.763. The van der Waals surface area contributed by atoms with Gasteiger partial charge in [-0.15, -0.1) is 0 Å². The van der Waals surface area contributed by atoms with Crippen LogP contribution >= 0.6 is 0 Å². The van der Waals surface area contributed by atoms with Gasteiger partial charge in [-0.25, -0.2) is 4.39 Å². The van der Waals surface area contributed by atoms with Gasteiger partial charge >= 0.3 is 0 Å².